The van der Waals surface area contributed by atoms with Crippen LogP contribution in [0, 0.1) is 11.3 Å². The lowest BCUT2D eigenvalue weighted by molar-refractivity contribution is -0.143. The lowest BCUT2D eigenvalue weighted by Gasteiger charge is -2.50. The fourth-order valence-electron chi connectivity index (χ4n) is 5.64. The maximum Gasteiger partial charge on any atom is 0.389 e. The number of morpholine rings is 1. The minimum atomic E-state index is -4.36. The summed E-state index contributed by atoms with van der Waals surface area (Å²) in [5.74, 6) is -0.476. The number of urea groups is 1. The molecule has 5 heterocycles. The van der Waals surface area contributed by atoms with Crippen molar-refractivity contribution in [3.63, 3.8) is 0 Å². The van der Waals surface area contributed by atoms with Crippen LogP contribution in [0.1, 0.15) is 24.8 Å². The zero-order chi connectivity index (χ0) is 30.9. The number of nitrogens with zero attached hydrogens (tertiary/aromatic N) is 8. The smallest absolute Gasteiger partial charge is 0.378 e. The van der Waals surface area contributed by atoms with Crippen molar-refractivity contribution in [3.05, 3.63) is 60.7 Å². The molecule has 228 valence electrons. The average Bonchev–Trinajstić information content (AvgIpc) is 3.65. The number of rotatable bonds is 8. The van der Waals surface area contributed by atoms with Crippen molar-refractivity contribution in [2.75, 3.05) is 39.4 Å². The highest BCUT2D eigenvalue weighted by molar-refractivity contribution is 5.81. The highest BCUT2D eigenvalue weighted by Crippen LogP contribution is 2.34. The van der Waals surface area contributed by atoms with Crippen molar-refractivity contribution in [2.24, 2.45) is 0 Å². The molecule has 0 bridgehead atoms. The molecular formula is C30H29F3N8O3. The van der Waals surface area contributed by atoms with Crippen LogP contribution >= 0.6 is 0 Å². The number of aromatic nitrogens is 5. The Kier molecular flexibility index (Phi) is 7.81. The van der Waals surface area contributed by atoms with Crippen molar-refractivity contribution < 1.29 is 27.5 Å². The number of carbonyl (C=O) groups is 2. The van der Waals surface area contributed by atoms with Gasteiger partial charge in [-0.15, -0.1) is 0 Å². The molecular weight excluding hydrogens is 577 g/mol. The van der Waals surface area contributed by atoms with Crippen molar-refractivity contribution in [1.29, 1.82) is 5.26 Å². The SMILES string of the molecule is N#CCC1(n2cc(-c3cnn4c(-c5cccc(CC(=O)CCC(F)(F)F)c5)cnc4c3)cn2)CN(C(=O)N2CCOCC2)C1. The number of ketones is 1. The summed E-state index contributed by atoms with van der Waals surface area (Å²) < 4.78 is 46.2. The van der Waals surface area contributed by atoms with E-state index in [-0.39, 0.29) is 18.9 Å². The number of benzene rings is 1. The monoisotopic (exact) mass is 606 g/mol. The molecule has 44 heavy (non-hydrogen) atoms. The van der Waals surface area contributed by atoms with Crippen LogP contribution in [0.4, 0.5) is 18.0 Å². The summed E-state index contributed by atoms with van der Waals surface area (Å²) in [5, 5.41) is 18.7. The predicted octanol–water partition coefficient (Wildman–Crippen LogP) is 4.09. The van der Waals surface area contributed by atoms with E-state index in [1.54, 1.807) is 55.8 Å². The molecule has 1 aromatic carbocycles. The van der Waals surface area contributed by atoms with Gasteiger partial charge in [-0.3, -0.25) is 9.48 Å². The van der Waals surface area contributed by atoms with E-state index in [0.29, 0.717) is 56.3 Å². The van der Waals surface area contributed by atoms with E-state index in [9.17, 15) is 28.0 Å². The third-order valence-corrected chi connectivity index (χ3v) is 8.01. The number of amides is 2. The van der Waals surface area contributed by atoms with Gasteiger partial charge in [0.1, 0.15) is 11.3 Å². The zero-order valence-electron chi connectivity index (χ0n) is 23.7. The second-order valence-corrected chi connectivity index (χ2v) is 11.2. The number of hydrogen-bond donors (Lipinski definition) is 0. The Hall–Kier alpha value is -4.77. The van der Waals surface area contributed by atoms with Crippen LogP contribution < -0.4 is 0 Å². The molecule has 3 aromatic heterocycles. The third kappa shape index (κ3) is 6.00. The Morgan fingerprint density at radius 2 is 1.77 bits per heavy atom. The molecule has 0 unspecified atom stereocenters. The Labute approximate surface area is 250 Å². The summed E-state index contributed by atoms with van der Waals surface area (Å²) in [6.45, 7) is 2.90. The molecule has 2 fully saturated rings. The molecule has 2 amide bonds. The molecule has 6 rings (SSSR count). The average molecular weight is 607 g/mol. The van der Waals surface area contributed by atoms with E-state index in [0.717, 1.165) is 16.7 Å². The molecule has 14 heteroatoms. The number of alkyl halides is 3. The Morgan fingerprint density at radius 1 is 1.00 bits per heavy atom. The number of nitriles is 1. The second kappa shape index (κ2) is 11.7. The van der Waals surface area contributed by atoms with Gasteiger partial charge in [0.15, 0.2) is 5.65 Å². The Morgan fingerprint density at radius 3 is 2.52 bits per heavy atom. The summed E-state index contributed by atoms with van der Waals surface area (Å²) in [6.07, 6.45) is 0.947. The lowest BCUT2D eigenvalue weighted by atomic mass is 9.87. The topological polar surface area (TPSA) is 122 Å². The quantitative estimate of drug-likeness (QED) is 0.296. The van der Waals surface area contributed by atoms with Gasteiger partial charge in [0.25, 0.3) is 0 Å². The number of ether oxygens (including phenoxy) is 1. The van der Waals surface area contributed by atoms with Gasteiger partial charge in [-0.1, -0.05) is 18.2 Å². The number of carbonyl (C=O) groups excluding carboxylic acids is 2. The normalized spacial score (nSPS) is 16.5. The van der Waals surface area contributed by atoms with E-state index >= 15 is 0 Å². The van der Waals surface area contributed by atoms with Gasteiger partial charge in [0.2, 0.25) is 0 Å². The number of fused-ring (bicyclic) bond motifs is 1. The number of likely N-dealkylation sites (tertiary alicyclic amines) is 1. The Bertz CT molecular complexity index is 1730. The van der Waals surface area contributed by atoms with Gasteiger partial charge >= 0.3 is 12.2 Å². The van der Waals surface area contributed by atoms with Crippen molar-refractivity contribution >= 4 is 17.5 Å². The Balaban J connectivity index is 1.17. The number of halogens is 3. The van der Waals surface area contributed by atoms with Crippen LogP contribution in [-0.2, 0) is 21.5 Å². The van der Waals surface area contributed by atoms with Gasteiger partial charge in [-0.25, -0.2) is 14.3 Å². The fourth-order valence-corrected chi connectivity index (χ4v) is 5.64. The summed E-state index contributed by atoms with van der Waals surface area (Å²) in [4.78, 5) is 33.0. The number of Topliss-reactive ketones (excluding diaryl/α,β-unsaturated/α-hetero) is 1. The van der Waals surface area contributed by atoms with Gasteiger partial charge in [-0.2, -0.15) is 28.6 Å². The molecule has 2 aliphatic heterocycles. The predicted molar refractivity (Wildman–Crippen MR) is 151 cm³/mol. The van der Waals surface area contributed by atoms with E-state index < -0.39 is 30.3 Å². The minimum Gasteiger partial charge on any atom is -0.378 e. The highest BCUT2D eigenvalue weighted by atomic mass is 19.4. The molecule has 0 aliphatic carbocycles. The first-order valence-electron chi connectivity index (χ1n) is 14.2. The second-order valence-electron chi connectivity index (χ2n) is 11.2. The summed E-state index contributed by atoms with van der Waals surface area (Å²) in [7, 11) is 0. The van der Waals surface area contributed by atoms with Gasteiger partial charge in [0.05, 0.1) is 69.5 Å². The molecule has 2 aliphatic rings. The van der Waals surface area contributed by atoms with Crippen LogP contribution in [-0.4, -0.2) is 91.6 Å². The summed E-state index contributed by atoms with van der Waals surface area (Å²) in [5.41, 5.74) is 3.49. The van der Waals surface area contributed by atoms with E-state index in [1.165, 1.54) is 0 Å². The molecule has 0 spiro atoms. The molecule has 0 N–H and O–H groups in total. The summed E-state index contributed by atoms with van der Waals surface area (Å²) in [6, 6.07) is 11.1. The molecule has 2 saturated heterocycles. The lowest BCUT2D eigenvalue weighted by Crippen LogP contribution is -2.66. The standard InChI is InChI=1S/C30H29F3N8O3/c31-30(32,33)5-4-25(42)13-21-2-1-3-22(12-21)26-17-35-27-14-23(15-37-41(26)27)24-16-36-40(18-24)29(6-7-34)19-39(20-29)28(43)38-8-10-44-11-9-38/h1-3,12,14-18H,4-6,8-11,13,19-20H2. The maximum atomic E-state index is 12.9. The van der Waals surface area contributed by atoms with E-state index in [1.807, 2.05) is 18.3 Å². The first-order chi connectivity index (χ1) is 21.1. The van der Waals surface area contributed by atoms with Crippen LogP contribution in [0.25, 0.3) is 28.0 Å². The fraction of sp³-hybridized carbons (Fsp3) is 0.400. The maximum absolute atomic E-state index is 12.9. The van der Waals surface area contributed by atoms with Crippen molar-refractivity contribution in [1.82, 2.24) is 34.2 Å². The number of imidazole rings is 1. The van der Waals surface area contributed by atoms with Crippen LogP contribution in [0.5, 0.6) is 0 Å². The van der Waals surface area contributed by atoms with E-state index in [2.05, 4.69) is 21.3 Å². The molecule has 4 aromatic rings. The third-order valence-electron chi connectivity index (χ3n) is 8.01. The first kappa shape index (κ1) is 29.3. The van der Waals surface area contributed by atoms with Crippen molar-refractivity contribution in [2.45, 2.75) is 37.4 Å². The highest BCUT2D eigenvalue weighted by Gasteiger charge is 2.48. The van der Waals surface area contributed by atoms with Crippen LogP contribution in [0.3, 0.4) is 0 Å². The van der Waals surface area contributed by atoms with Gasteiger partial charge in [0, 0.05) is 48.8 Å². The van der Waals surface area contributed by atoms with E-state index in [4.69, 9.17) is 4.74 Å². The van der Waals surface area contributed by atoms with Crippen LogP contribution in [0.2, 0.25) is 0 Å². The number of hydrogen-bond acceptors (Lipinski definition) is 7. The molecule has 11 nitrogen and oxygen atoms in total. The minimum absolute atomic E-state index is 0.0578. The van der Waals surface area contributed by atoms with Gasteiger partial charge < -0.3 is 14.5 Å². The first-order valence-corrected chi connectivity index (χ1v) is 14.2. The van der Waals surface area contributed by atoms with Crippen LogP contribution in [0.15, 0.2) is 55.1 Å². The molecule has 0 saturated carbocycles. The molecule has 0 radical (unpaired) electrons. The molecule has 0 atom stereocenters. The largest absolute Gasteiger partial charge is 0.389 e. The van der Waals surface area contributed by atoms with Gasteiger partial charge in [-0.05, 0) is 17.7 Å². The van der Waals surface area contributed by atoms with Crippen molar-refractivity contribution in [3.8, 4) is 28.5 Å². The summed E-state index contributed by atoms with van der Waals surface area (Å²) >= 11 is 0. The zero-order valence-corrected chi connectivity index (χ0v) is 23.7.